The van der Waals surface area contributed by atoms with E-state index in [0.717, 1.165) is 12.8 Å². The van der Waals surface area contributed by atoms with Gasteiger partial charge in [0, 0.05) is 12.8 Å². The number of hydrogen-bond acceptors (Lipinski definition) is 3. The Hall–Kier alpha value is -0.860. The van der Waals surface area contributed by atoms with Gasteiger partial charge < -0.3 is 4.74 Å². The zero-order chi connectivity index (χ0) is 19.3. The van der Waals surface area contributed by atoms with Gasteiger partial charge in [-0.3, -0.25) is 9.59 Å². The van der Waals surface area contributed by atoms with Crippen molar-refractivity contribution >= 4 is 11.8 Å². The quantitative estimate of drug-likeness (QED) is 0.169. The summed E-state index contributed by atoms with van der Waals surface area (Å²) in [7, 11) is 1.36. The Labute approximate surface area is 162 Å². The van der Waals surface area contributed by atoms with Crippen molar-refractivity contribution in [2.75, 3.05) is 7.11 Å². The fourth-order valence-electron chi connectivity index (χ4n) is 3.34. The highest BCUT2D eigenvalue weighted by Crippen LogP contribution is 2.14. The molecule has 0 spiro atoms. The Balaban J connectivity index is 3.13. The molecule has 0 aliphatic carbocycles. The van der Waals surface area contributed by atoms with Crippen molar-refractivity contribution in [1.29, 1.82) is 0 Å². The van der Waals surface area contributed by atoms with E-state index in [1.165, 1.54) is 97.0 Å². The van der Waals surface area contributed by atoms with Crippen LogP contribution in [-0.4, -0.2) is 18.9 Å². The molecule has 0 aromatic rings. The highest BCUT2D eigenvalue weighted by atomic mass is 16.5. The third-order valence-electron chi connectivity index (χ3n) is 5.14. The maximum atomic E-state index is 11.6. The highest BCUT2D eigenvalue weighted by Gasteiger charge is 2.06. The minimum atomic E-state index is -0.287. The van der Waals surface area contributed by atoms with Crippen molar-refractivity contribution in [2.45, 2.75) is 129 Å². The lowest BCUT2D eigenvalue weighted by Crippen LogP contribution is -2.05. The molecule has 0 aromatic heterocycles. The van der Waals surface area contributed by atoms with E-state index in [9.17, 15) is 9.59 Å². The third-order valence-corrected chi connectivity index (χ3v) is 5.14. The molecule has 0 unspecified atom stereocenters. The van der Waals surface area contributed by atoms with E-state index < -0.39 is 0 Å². The van der Waals surface area contributed by atoms with Crippen LogP contribution in [0.5, 0.6) is 0 Å². The fraction of sp³-hybridized carbons (Fsp3) is 0.913. The van der Waals surface area contributed by atoms with Gasteiger partial charge in [0.15, 0.2) is 0 Å². The molecule has 0 heterocycles. The number of carbonyl (C=O) groups excluding carboxylic acids is 2. The summed E-state index contributed by atoms with van der Waals surface area (Å²) in [5, 5.41) is 0. The Morgan fingerprint density at radius 2 is 0.923 bits per heavy atom. The number of ketones is 1. The standard InChI is InChI=1S/C23H44O3/c1-3-4-5-6-7-8-9-10-11-12-13-14-15-16-17-18-19-22(24)20-21-23(25)26-2/h3-21H2,1-2H3. The SMILES string of the molecule is CCCCCCCCCCCCCCCCCCC(=O)CCC(=O)OC. The number of esters is 1. The summed E-state index contributed by atoms with van der Waals surface area (Å²) in [5.41, 5.74) is 0. The molecule has 0 aliphatic rings. The molecule has 0 amide bonds. The van der Waals surface area contributed by atoms with Gasteiger partial charge in [0.25, 0.3) is 0 Å². The predicted molar refractivity (Wildman–Crippen MR) is 110 cm³/mol. The monoisotopic (exact) mass is 368 g/mol. The Bertz CT molecular complexity index is 325. The van der Waals surface area contributed by atoms with Crippen LogP contribution in [0, 0.1) is 0 Å². The zero-order valence-electron chi connectivity index (χ0n) is 17.7. The topological polar surface area (TPSA) is 43.4 Å². The summed E-state index contributed by atoms with van der Waals surface area (Å²) in [4.78, 5) is 22.6. The molecule has 0 atom stereocenters. The average molecular weight is 369 g/mol. The normalized spacial score (nSPS) is 10.8. The van der Waals surface area contributed by atoms with Crippen LogP contribution < -0.4 is 0 Å². The highest BCUT2D eigenvalue weighted by molar-refractivity contribution is 5.82. The molecule has 0 aliphatic heterocycles. The van der Waals surface area contributed by atoms with Gasteiger partial charge in [0.2, 0.25) is 0 Å². The lowest BCUT2D eigenvalue weighted by atomic mass is 10.0. The molecule has 0 aromatic carbocycles. The van der Waals surface area contributed by atoms with E-state index >= 15 is 0 Å². The predicted octanol–water partition coefficient (Wildman–Crippen LogP) is 7.16. The Morgan fingerprint density at radius 3 is 1.31 bits per heavy atom. The van der Waals surface area contributed by atoms with Gasteiger partial charge in [-0.25, -0.2) is 0 Å². The molecular formula is C23H44O3. The van der Waals surface area contributed by atoms with E-state index in [4.69, 9.17) is 0 Å². The summed E-state index contributed by atoms with van der Waals surface area (Å²) in [6, 6.07) is 0. The summed E-state index contributed by atoms with van der Waals surface area (Å²) in [6.45, 7) is 2.27. The molecule has 0 fully saturated rings. The molecule has 3 nitrogen and oxygen atoms in total. The molecule has 0 N–H and O–H groups in total. The molecule has 26 heavy (non-hydrogen) atoms. The molecule has 0 saturated heterocycles. The van der Waals surface area contributed by atoms with E-state index in [0.29, 0.717) is 12.8 Å². The van der Waals surface area contributed by atoms with E-state index in [1.807, 2.05) is 0 Å². The minimum absolute atomic E-state index is 0.195. The number of carbonyl (C=O) groups is 2. The third kappa shape index (κ3) is 19.5. The lowest BCUT2D eigenvalue weighted by molar-refractivity contribution is -0.141. The maximum absolute atomic E-state index is 11.6. The van der Waals surface area contributed by atoms with Gasteiger partial charge in [-0.2, -0.15) is 0 Å². The van der Waals surface area contributed by atoms with Crippen molar-refractivity contribution in [3.63, 3.8) is 0 Å². The summed E-state index contributed by atoms with van der Waals surface area (Å²) >= 11 is 0. The molecule has 0 bridgehead atoms. The lowest BCUT2D eigenvalue weighted by Gasteiger charge is -2.04. The first-order valence-electron chi connectivity index (χ1n) is 11.3. The molecule has 3 heteroatoms. The van der Waals surface area contributed by atoms with Crippen molar-refractivity contribution in [1.82, 2.24) is 0 Å². The first-order chi connectivity index (χ1) is 12.7. The number of hydrogen-bond donors (Lipinski definition) is 0. The summed E-state index contributed by atoms with van der Waals surface area (Å²) in [5.74, 6) is -0.0916. The fourth-order valence-corrected chi connectivity index (χ4v) is 3.34. The molecule has 154 valence electrons. The van der Waals surface area contributed by atoms with Crippen LogP contribution >= 0.6 is 0 Å². The number of unbranched alkanes of at least 4 members (excludes halogenated alkanes) is 15. The van der Waals surface area contributed by atoms with Crippen LogP contribution in [0.2, 0.25) is 0 Å². The molecule has 0 radical (unpaired) electrons. The smallest absolute Gasteiger partial charge is 0.305 e. The first kappa shape index (κ1) is 25.1. The van der Waals surface area contributed by atoms with Gasteiger partial charge in [-0.05, 0) is 6.42 Å². The van der Waals surface area contributed by atoms with E-state index in [2.05, 4.69) is 11.7 Å². The Morgan fingerprint density at radius 1 is 0.538 bits per heavy atom. The van der Waals surface area contributed by atoms with Crippen LogP contribution in [0.15, 0.2) is 0 Å². The molecular weight excluding hydrogens is 324 g/mol. The van der Waals surface area contributed by atoms with Crippen molar-refractivity contribution in [3.8, 4) is 0 Å². The second kappa shape index (κ2) is 20.5. The van der Waals surface area contributed by atoms with Gasteiger partial charge in [-0.15, -0.1) is 0 Å². The van der Waals surface area contributed by atoms with Crippen molar-refractivity contribution < 1.29 is 14.3 Å². The summed E-state index contributed by atoms with van der Waals surface area (Å²) < 4.78 is 4.54. The van der Waals surface area contributed by atoms with Gasteiger partial charge in [-0.1, -0.05) is 103 Å². The Kier molecular flexibility index (Phi) is 19.8. The first-order valence-corrected chi connectivity index (χ1v) is 11.3. The van der Waals surface area contributed by atoms with Gasteiger partial charge in [0.05, 0.1) is 13.5 Å². The van der Waals surface area contributed by atoms with Crippen molar-refractivity contribution in [2.24, 2.45) is 0 Å². The van der Waals surface area contributed by atoms with Crippen LogP contribution in [0.25, 0.3) is 0 Å². The van der Waals surface area contributed by atoms with Gasteiger partial charge >= 0.3 is 5.97 Å². The van der Waals surface area contributed by atoms with E-state index in [1.54, 1.807) is 0 Å². The molecule has 0 saturated carbocycles. The van der Waals surface area contributed by atoms with Crippen LogP contribution in [0.1, 0.15) is 129 Å². The van der Waals surface area contributed by atoms with Gasteiger partial charge in [0.1, 0.15) is 5.78 Å². The number of Topliss-reactive ketones (excluding diaryl/α,β-unsaturated/α-hetero) is 1. The maximum Gasteiger partial charge on any atom is 0.305 e. The van der Waals surface area contributed by atoms with E-state index in [-0.39, 0.29) is 18.2 Å². The van der Waals surface area contributed by atoms with Crippen LogP contribution in [0.4, 0.5) is 0 Å². The number of methoxy groups -OCH3 is 1. The minimum Gasteiger partial charge on any atom is -0.469 e. The second-order valence-corrected chi connectivity index (χ2v) is 7.67. The summed E-state index contributed by atoms with van der Waals surface area (Å²) in [6.07, 6.45) is 22.7. The number of rotatable bonds is 20. The molecule has 0 rings (SSSR count). The average Bonchev–Trinajstić information content (AvgIpc) is 2.65. The van der Waals surface area contributed by atoms with Crippen LogP contribution in [-0.2, 0) is 14.3 Å². The van der Waals surface area contributed by atoms with Crippen LogP contribution in [0.3, 0.4) is 0 Å². The largest absolute Gasteiger partial charge is 0.469 e. The number of ether oxygens (including phenoxy) is 1. The van der Waals surface area contributed by atoms with Crippen molar-refractivity contribution in [3.05, 3.63) is 0 Å². The second-order valence-electron chi connectivity index (χ2n) is 7.67. The zero-order valence-corrected chi connectivity index (χ0v) is 17.7.